The zero-order valence-corrected chi connectivity index (χ0v) is 15.7. The molecule has 0 unspecified atom stereocenters. The summed E-state index contributed by atoms with van der Waals surface area (Å²) < 4.78 is 0. The van der Waals surface area contributed by atoms with Crippen LogP contribution in [0.25, 0.3) is 0 Å². The average Bonchev–Trinajstić information content (AvgIpc) is 2.70. The van der Waals surface area contributed by atoms with Crippen molar-refractivity contribution < 1.29 is 9.69 Å². The first-order chi connectivity index (χ1) is 12.7. The number of quaternary nitrogens is 1. The zero-order chi connectivity index (χ0) is 18.4. The summed E-state index contributed by atoms with van der Waals surface area (Å²) in [5.74, 6) is 0.981. The fourth-order valence-corrected chi connectivity index (χ4v) is 3.25. The number of aromatic nitrogens is 2. The number of rotatable bonds is 6. The number of aryl methyl sites for hydroxylation is 1. The van der Waals surface area contributed by atoms with Crippen molar-refractivity contribution in [1.29, 1.82) is 0 Å². The first kappa shape index (κ1) is 18.3. The predicted molar refractivity (Wildman–Crippen MR) is 102 cm³/mol. The zero-order valence-electron chi connectivity index (χ0n) is 15.7. The molecule has 0 bridgehead atoms. The molecule has 1 fully saturated rings. The second-order valence-electron chi connectivity index (χ2n) is 6.88. The maximum absolute atomic E-state index is 12.6. The summed E-state index contributed by atoms with van der Waals surface area (Å²) in [5, 5.41) is 0. The van der Waals surface area contributed by atoms with Crippen LogP contribution in [0, 0.1) is 0 Å². The number of carbonyl (C=O) groups excluding carboxylic acids is 1. The van der Waals surface area contributed by atoms with E-state index in [9.17, 15) is 4.79 Å². The molecule has 1 N–H and O–H groups in total. The molecule has 1 aromatic heterocycles. The highest BCUT2D eigenvalue weighted by Gasteiger charge is 2.24. The Morgan fingerprint density at radius 1 is 1.12 bits per heavy atom. The minimum absolute atomic E-state index is 0.198. The summed E-state index contributed by atoms with van der Waals surface area (Å²) in [6, 6.07) is 10.4. The van der Waals surface area contributed by atoms with Gasteiger partial charge in [0.2, 0.25) is 5.95 Å². The van der Waals surface area contributed by atoms with E-state index in [0.717, 1.165) is 38.5 Å². The van der Waals surface area contributed by atoms with Gasteiger partial charge >= 0.3 is 0 Å². The van der Waals surface area contributed by atoms with E-state index in [0.29, 0.717) is 13.1 Å². The number of benzene rings is 1. The Bertz CT molecular complexity index is 696. The summed E-state index contributed by atoms with van der Waals surface area (Å²) in [6.07, 6.45) is 4.58. The van der Waals surface area contributed by atoms with Crippen LogP contribution in [0.15, 0.2) is 42.7 Å². The lowest BCUT2D eigenvalue weighted by Crippen LogP contribution is -3.15. The van der Waals surface area contributed by atoms with Crippen molar-refractivity contribution in [3.8, 4) is 0 Å². The third kappa shape index (κ3) is 4.79. The minimum Gasteiger partial charge on any atom is -0.337 e. The summed E-state index contributed by atoms with van der Waals surface area (Å²) in [4.78, 5) is 26.5. The van der Waals surface area contributed by atoms with Crippen molar-refractivity contribution in [3.63, 3.8) is 0 Å². The highest BCUT2D eigenvalue weighted by Crippen LogP contribution is 2.07. The van der Waals surface area contributed by atoms with Gasteiger partial charge in [-0.15, -0.1) is 0 Å². The number of hydrogen-bond donors (Lipinski definition) is 1. The molecule has 6 nitrogen and oxygen atoms in total. The monoisotopic (exact) mass is 354 g/mol. The Morgan fingerprint density at radius 2 is 1.73 bits per heavy atom. The molecule has 0 aliphatic carbocycles. The highest BCUT2D eigenvalue weighted by atomic mass is 16.2. The van der Waals surface area contributed by atoms with Crippen LogP contribution in [0.4, 0.5) is 5.95 Å². The Balaban J connectivity index is 1.46. The lowest BCUT2D eigenvalue weighted by atomic mass is 10.1. The second-order valence-corrected chi connectivity index (χ2v) is 6.88. The SMILES string of the molecule is CCc1ccc(CN(C)C(=O)C[NH+]2CCN(c3ncccn3)CC2)cc1. The quantitative estimate of drug-likeness (QED) is 0.816. The number of carbonyl (C=O) groups is 1. The van der Waals surface area contributed by atoms with Crippen LogP contribution >= 0.6 is 0 Å². The summed E-state index contributed by atoms with van der Waals surface area (Å²) in [7, 11) is 1.89. The molecule has 0 spiro atoms. The van der Waals surface area contributed by atoms with Crippen molar-refractivity contribution >= 4 is 11.9 Å². The van der Waals surface area contributed by atoms with Gasteiger partial charge in [-0.25, -0.2) is 9.97 Å². The van der Waals surface area contributed by atoms with E-state index in [-0.39, 0.29) is 5.91 Å². The number of nitrogens with zero attached hydrogens (tertiary/aromatic N) is 4. The summed E-state index contributed by atoms with van der Waals surface area (Å²) >= 11 is 0. The molecule has 3 rings (SSSR count). The first-order valence-corrected chi connectivity index (χ1v) is 9.33. The van der Waals surface area contributed by atoms with Gasteiger partial charge < -0.3 is 14.7 Å². The molecule has 0 radical (unpaired) electrons. The van der Waals surface area contributed by atoms with Gasteiger partial charge in [-0.2, -0.15) is 0 Å². The fraction of sp³-hybridized carbons (Fsp3) is 0.450. The smallest absolute Gasteiger partial charge is 0.277 e. The van der Waals surface area contributed by atoms with Gasteiger partial charge in [0.1, 0.15) is 0 Å². The van der Waals surface area contributed by atoms with Crippen LogP contribution in [-0.4, -0.2) is 60.5 Å². The number of hydrogen-bond acceptors (Lipinski definition) is 4. The van der Waals surface area contributed by atoms with E-state index in [1.807, 2.05) is 18.0 Å². The number of likely N-dealkylation sites (N-methyl/N-ethyl adjacent to an activating group) is 1. The lowest BCUT2D eigenvalue weighted by molar-refractivity contribution is -0.892. The van der Waals surface area contributed by atoms with Crippen molar-refractivity contribution in [2.75, 3.05) is 44.7 Å². The Hall–Kier alpha value is -2.47. The van der Waals surface area contributed by atoms with Gasteiger partial charge in [-0.3, -0.25) is 4.79 Å². The molecule has 1 saturated heterocycles. The molecule has 0 atom stereocenters. The van der Waals surface area contributed by atoms with Crippen LogP contribution in [-0.2, 0) is 17.8 Å². The van der Waals surface area contributed by atoms with Gasteiger partial charge in [-0.1, -0.05) is 31.2 Å². The summed E-state index contributed by atoms with van der Waals surface area (Å²) in [6.45, 7) is 7.00. The van der Waals surface area contributed by atoms with Crippen molar-refractivity contribution in [1.82, 2.24) is 14.9 Å². The van der Waals surface area contributed by atoms with Gasteiger partial charge in [0.15, 0.2) is 6.54 Å². The molecule has 0 saturated carbocycles. The van der Waals surface area contributed by atoms with Crippen LogP contribution in [0.2, 0.25) is 0 Å². The van der Waals surface area contributed by atoms with E-state index in [1.165, 1.54) is 16.0 Å². The molecule has 1 aliphatic heterocycles. The van der Waals surface area contributed by atoms with E-state index in [4.69, 9.17) is 0 Å². The topological polar surface area (TPSA) is 53.8 Å². The Morgan fingerprint density at radius 3 is 2.35 bits per heavy atom. The van der Waals surface area contributed by atoms with Gasteiger partial charge in [-0.05, 0) is 23.6 Å². The van der Waals surface area contributed by atoms with Crippen LogP contribution < -0.4 is 9.80 Å². The number of nitrogens with one attached hydrogen (secondary N) is 1. The maximum atomic E-state index is 12.6. The van der Waals surface area contributed by atoms with Crippen LogP contribution in [0.3, 0.4) is 0 Å². The number of amides is 1. The highest BCUT2D eigenvalue weighted by molar-refractivity contribution is 5.76. The molecule has 2 heterocycles. The predicted octanol–water partition coefficient (Wildman–Crippen LogP) is 0.403. The molecule has 6 heteroatoms. The molecule has 1 aliphatic rings. The number of piperazine rings is 1. The van der Waals surface area contributed by atoms with Gasteiger partial charge in [0.05, 0.1) is 26.2 Å². The van der Waals surface area contributed by atoms with Crippen LogP contribution in [0.1, 0.15) is 18.1 Å². The first-order valence-electron chi connectivity index (χ1n) is 9.33. The molecular formula is C20H28N5O+. The third-order valence-corrected chi connectivity index (χ3v) is 4.98. The molecular weight excluding hydrogens is 326 g/mol. The van der Waals surface area contributed by atoms with E-state index < -0.39 is 0 Å². The van der Waals surface area contributed by atoms with Crippen molar-refractivity contribution in [3.05, 3.63) is 53.9 Å². The molecule has 1 aromatic carbocycles. The Labute approximate surface area is 155 Å². The standard InChI is InChI=1S/C20H27N5O/c1-3-17-5-7-18(8-6-17)15-23(2)19(26)16-24-11-13-25(14-12-24)20-21-9-4-10-22-20/h4-10H,3,11-16H2,1-2H3/p+1. The maximum Gasteiger partial charge on any atom is 0.277 e. The fourth-order valence-electron chi connectivity index (χ4n) is 3.25. The minimum atomic E-state index is 0.198. The van der Waals surface area contributed by atoms with Crippen molar-refractivity contribution in [2.24, 2.45) is 0 Å². The van der Waals surface area contributed by atoms with Gasteiger partial charge in [0, 0.05) is 26.0 Å². The molecule has 2 aromatic rings. The van der Waals surface area contributed by atoms with Crippen molar-refractivity contribution in [2.45, 2.75) is 19.9 Å². The molecule has 26 heavy (non-hydrogen) atoms. The molecule has 1 amide bonds. The lowest BCUT2D eigenvalue weighted by Gasteiger charge is -2.32. The van der Waals surface area contributed by atoms with E-state index in [2.05, 4.69) is 46.1 Å². The third-order valence-electron chi connectivity index (χ3n) is 4.98. The van der Waals surface area contributed by atoms with E-state index >= 15 is 0 Å². The largest absolute Gasteiger partial charge is 0.337 e. The van der Waals surface area contributed by atoms with Crippen LogP contribution in [0.5, 0.6) is 0 Å². The number of anilines is 1. The normalized spacial score (nSPS) is 15.1. The van der Waals surface area contributed by atoms with E-state index in [1.54, 1.807) is 12.4 Å². The average molecular weight is 354 g/mol. The Kier molecular flexibility index (Phi) is 6.17. The second kappa shape index (κ2) is 8.76. The molecule has 138 valence electrons. The summed E-state index contributed by atoms with van der Waals surface area (Å²) in [5.41, 5.74) is 2.51. The van der Waals surface area contributed by atoms with Gasteiger partial charge in [0.25, 0.3) is 5.91 Å².